The standard InChI is InChI=1S/C18H11ClN6O2S/c19-10-4-3-5-11(8-10)25-18(22-23-24-25)28-9-14-20-15-12-6-1-2-7-13(12)27-16(15)17(26)21-14/h1-8H,9H2,(H,20,21,26). The number of thioether (sulfide) groups is 1. The molecule has 0 unspecified atom stereocenters. The number of H-pyrrole nitrogens is 1. The van der Waals surface area contributed by atoms with Crippen LogP contribution < -0.4 is 5.56 Å². The number of hydrogen-bond acceptors (Lipinski definition) is 7. The van der Waals surface area contributed by atoms with E-state index >= 15 is 0 Å². The van der Waals surface area contributed by atoms with Gasteiger partial charge in [0.25, 0.3) is 5.56 Å². The number of aromatic nitrogens is 6. The molecule has 10 heteroatoms. The first-order valence-electron chi connectivity index (χ1n) is 8.26. The van der Waals surface area contributed by atoms with Crippen LogP contribution in [0.2, 0.25) is 5.02 Å². The van der Waals surface area contributed by atoms with E-state index in [0.29, 0.717) is 32.9 Å². The van der Waals surface area contributed by atoms with Crippen LogP contribution in [0.4, 0.5) is 0 Å². The van der Waals surface area contributed by atoms with Gasteiger partial charge in [-0.15, -0.1) is 5.10 Å². The summed E-state index contributed by atoms with van der Waals surface area (Å²) in [4.78, 5) is 19.7. The first-order chi connectivity index (χ1) is 13.7. The van der Waals surface area contributed by atoms with Crippen LogP contribution in [-0.2, 0) is 5.75 Å². The highest BCUT2D eigenvalue weighted by Crippen LogP contribution is 2.26. The molecule has 2 aromatic carbocycles. The number of para-hydroxylation sites is 1. The van der Waals surface area contributed by atoms with Crippen molar-refractivity contribution in [3.63, 3.8) is 0 Å². The number of furan rings is 1. The van der Waals surface area contributed by atoms with Crippen LogP contribution in [0, 0.1) is 0 Å². The highest BCUT2D eigenvalue weighted by atomic mass is 35.5. The van der Waals surface area contributed by atoms with Gasteiger partial charge in [0.05, 0.1) is 11.4 Å². The van der Waals surface area contributed by atoms with Gasteiger partial charge in [0.2, 0.25) is 10.7 Å². The molecule has 0 radical (unpaired) electrons. The van der Waals surface area contributed by atoms with Gasteiger partial charge in [-0.25, -0.2) is 4.98 Å². The maximum absolute atomic E-state index is 12.4. The first kappa shape index (κ1) is 17.0. The molecule has 0 atom stereocenters. The summed E-state index contributed by atoms with van der Waals surface area (Å²) in [5.41, 5.74) is 1.83. The van der Waals surface area contributed by atoms with E-state index < -0.39 is 0 Å². The largest absolute Gasteiger partial charge is 0.449 e. The van der Waals surface area contributed by atoms with E-state index in [9.17, 15) is 4.79 Å². The summed E-state index contributed by atoms with van der Waals surface area (Å²) >= 11 is 7.40. The second-order valence-electron chi connectivity index (χ2n) is 5.93. The van der Waals surface area contributed by atoms with Gasteiger partial charge in [0.15, 0.2) is 0 Å². The highest BCUT2D eigenvalue weighted by Gasteiger charge is 2.15. The maximum Gasteiger partial charge on any atom is 0.294 e. The van der Waals surface area contributed by atoms with Crippen LogP contribution in [0.3, 0.4) is 0 Å². The van der Waals surface area contributed by atoms with Gasteiger partial charge in [0, 0.05) is 10.4 Å². The minimum atomic E-state index is -0.314. The predicted octanol–water partition coefficient (Wildman–Crippen LogP) is 3.59. The number of nitrogens with zero attached hydrogens (tertiary/aromatic N) is 5. The quantitative estimate of drug-likeness (QED) is 0.451. The monoisotopic (exact) mass is 410 g/mol. The molecule has 3 aromatic heterocycles. The molecule has 0 bridgehead atoms. The Hall–Kier alpha value is -3.17. The molecule has 0 fully saturated rings. The second kappa shape index (κ2) is 6.77. The Labute approximate surface area is 166 Å². The molecule has 0 aliphatic carbocycles. The SMILES string of the molecule is O=c1[nH]c(CSc2nnnn2-c2cccc(Cl)c2)nc2c1oc1ccccc12. The zero-order valence-corrected chi connectivity index (χ0v) is 15.7. The molecule has 0 amide bonds. The van der Waals surface area contributed by atoms with Gasteiger partial charge in [-0.2, -0.15) is 4.68 Å². The third-order valence-corrected chi connectivity index (χ3v) is 5.28. The van der Waals surface area contributed by atoms with E-state index in [1.54, 1.807) is 16.8 Å². The normalized spacial score (nSPS) is 11.5. The molecule has 0 saturated heterocycles. The first-order valence-corrected chi connectivity index (χ1v) is 9.63. The van der Waals surface area contributed by atoms with E-state index in [4.69, 9.17) is 16.0 Å². The third kappa shape index (κ3) is 2.94. The van der Waals surface area contributed by atoms with Crippen molar-refractivity contribution >= 4 is 45.4 Å². The van der Waals surface area contributed by atoms with Crippen LogP contribution in [0.25, 0.3) is 27.8 Å². The number of halogens is 1. The fourth-order valence-corrected chi connectivity index (χ4v) is 3.83. The number of aromatic amines is 1. The van der Waals surface area contributed by atoms with Crippen molar-refractivity contribution in [3.05, 3.63) is 69.7 Å². The van der Waals surface area contributed by atoms with Crippen molar-refractivity contribution in [1.82, 2.24) is 30.2 Å². The van der Waals surface area contributed by atoms with E-state index in [1.165, 1.54) is 11.8 Å². The molecule has 28 heavy (non-hydrogen) atoms. The smallest absolute Gasteiger partial charge is 0.294 e. The number of benzene rings is 2. The Morgan fingerprint density at radius 2 is 2.07 bits per heavy atom. The summed E-state index contributed by atoms with van der Waals surface area (Å²) < 4.78 is 7.20. The molecule has 0 spiro atoms. The number of hydrogen-bond donors (Lipinski definition) is 1. The minimum absolute atomic E-state index is 0.221. The summed E-state index contributed by atoms with van der Waals surface area (Å²) in [6.07, 6.45) is 0. The molecule has 138 valence electrons. The zero-order chi connectivity index (χ0) is 19.1. The van der Waals surface area contributed by atoms with Gasteiger partial charge >= 0.3 is 0 Å². The van der Waals surface area contributed by atoms with Gasteiger partial charge in [-0.05, 0) is 40.8 Å². The topological polar surface area (TPSA) is 102 Å². The second-order valence-corrected chi connectivity index (χ2v) is 7.31. The summed E-state index contributed by atoms with van der Waals surface area (Å²) in [5.74, 6) is 0.890. The summed E-state index contributed by atoms with van der Waals surface area (Å²) in [7, 11) is 0. The van der Waals surface area contributed by atoms with Crippen molar-refractivity contribution in [2.24, 2.45) is 0 Å². The Balaban J connectivity index is 1.48. The highest BCUT2D eigenvalue weighted by molar-refractivity contribution is 7.98. The molecular weight excluding hydrogens is 400 g/mol. The fourth-order valence-electron chi connectivity index (χ4n) is 2.89. The Morgan fingerprint density at radius 3 is 2.96 bits per heavy atom. The summed E-state index contributed by atoms with van der Waals surface area (Å²) in [6.45, 7) is 0. The van der Waals surface area contributed by atoms with Crippen molar-refractivity contribution in [3.8, 4) is 5.69 Å². The van der Waals surface area contributed by atoms with Crippen LogP contribution in [0.1, 0.15) is 5.82 Å². The lowest BCUT2D eigenvalue weighted by molar-refractivity contribution is 0.660. The van der Waals surface area contributed by atoms with Gasteiger partial charge in [-0.1, -0.05) is 41.6 Å². The van der Waals surface area contributed by atoms with E-state index in [1.807, 2.05) is 36.4 Å². The van der Waals surface area contributed by atoms with Crippen molar-refractivity contribution in [1.29, 1.82) is 0 Å². The average Bonchev–Trinajstić information content (AvgIpc) is 3.31. The Bertz CT molecular complexity index is 1380. The summed E-state index contributed by atoms with van der Waals surface area (Å²) in [6, 6.07) is 14.7. The maximum atomic E-state index is 12.4. The molecule has 5 rings (SSSR count). The van der Waals surface area contributed by atoms with Gasteiger partial charge < -0.3 is 9.40 Å². The molecule has 8 nitrogen and oxygen atoms in total. The van der Waals surface area contributed by atoms with Gasteiger partial charge in [-0.3, -0.25) is 4.79 Å². The lowest BCUT2D eigenvalue weighted by Gasteiger charge is -2.04. The van der Waals surface area contributed by atoms with Crippen molar-refractivity contribution < 1.29 is 4.42 Å². The van der Waals surface area contributed by atoms with Crippen LogP contribution in [0.15, 0.2) is 62.9 Å². The number of rotatable bonds is 4. The molecule has 0 aliphatic heterocycles. The Morgan fingerprint density at radius 1 is 1.18 bits per heavy atom. The van der Waals surface area contributed by atoms with E-state index in [2.05, 4.69) is 25.5 Å². The number of nitrogens with one attached hydrogen (secondary N) is 1. The lowest BCUT2D eigenvalue weighted by atomic mass is 10.2. The minimum Gasteiger partial charge on any atom is -0.449 e. The predicted molar refractivity (Wildman–Crippen MR) is 106 cm³/mol. The molecule has 1 N–H and O–H groups in total. The number of fused-ring (bicyclic) bond motifs is 3. The van der Waals surface area contributed by atoms with E-state index in [0.717, 1.165) is 11.1 Å². The average molecular weight is 411 g/mol. The number of tetrazole rings is 1. The molecule has 5 aromatic rings. The molecule has 3 heterocycles. The third-order valence-electron chi connectivity index (χ3n) is 4.11. The van der Waals surface area contributed by atoms with Crippen LogP contribution >= 0.6 is 23.4 Å². The van der Waals surface area contributed by atoms with Crippen molar-refractivity contribution in [2.45, 2.75) is 10.9 Å². The van der Waals surface area contributed by atoms with Gasteiger partial charge in [0.1, 0.15) is 16.9 Å². The molecule has 0 aliphatic rings. The zero-order valence-electron chi connectivity index (χ0n) is 14.2. The summed E-state index contributed by atoms with van der Waals surface area (Å²) in [5, 5.41) is 13.7. The lowest BCUT2D eigenvalue weighted by Crippen LogP contribution is -2.10. The van der Waals surface area contributed by atoms with Crippen molar-refractivity contribution in [2.75, 3.05) is 0 Å². The van der Waals surface area contributed by atoms with E-state index in [-0.39, 0.29) is 11.1 Å². The Kier molecular flexibility index (Phi) is 4.10. The van der Waals surface area contributed by atoms with Crippen LogP contribution in [-0.4, -0.2) is 30.2 Å². The fraction of sp³-hybridized carbons (Fsp3) is 0.0556. The molecular formula is C18H11ClN6O2S. The molecule has 0 saturated carbocycles. The van der Waals surface area contributed by atoms with Crippen LogP contribution in [0.5, 0.6) is 0 Å².